The molecule has 4 heteroatoms. The Morgan fingerprint density at radius 2 is 2.22 bits per heavy atom. The predicted octanol–water partition coefficient (Wildman–Crippen LogP) is 1.13. The number of esters is 1. The van der Waals surface area contributed by atoms with Gasteiger partial charge in [0.05, 0.1) is 7.11 Å². The summed E-state index contributed by atoms with van der Waals surface area (Å²) in [7, 11) is 3.66. The van der Waals surface area contributed by atoms with Crippen molar-refractivity contribution >= 4 is 5.97 Å². The number of rotatable bonds is 3. The molecule has 0 aliphatic carbocycles. The van der Waals surface area contributed by atoms with E-state index >= 15 is 0 Å². The number of nitrogens with zero attached hydrogens (tertiary/aromatic N) is 2. The fourth-order valence-corrected chi connectivity index (χ4v) is 3.45. The second-order valence-electron chi connectivity index (χ2n) is 5.44. The summed E-state index contributed by atoms with van der Waals surface area (Å²) in [4.78, 5) is 16.4. The van der Waals surface area contributed by atoms with E-state index in [4.69, 9.17) is 4.74 Å². The maximum atomic E-state index is 11.7. The van der Waals surface area contributed by atoms with Crippen molar-refractivity contribution < 1.29 is 9.53 Å². The van der Waals surface area contributed by atoms with Crippen LogP contribution in [-0.4, -0.2) is 61.6 Å². The number of hydrogen-bond acceptors (Lipinski definition) is 4. The van der Waals surface area contributed by atoms with Gasteiger partial charge in [0.25, 0.3) is 0 Å². The second kappa shape index (κ2) is 5.85. The Morgan fingerprint density at radius 1 is 1.44 bits per heavy atom. The van der Waals surface area contributed by atoms with Gasteiger partial charge in [0, 0.05) is 19.1 Å². The summed E-state index contributed by atoms with van der Waals surface area (Å²) < 4.78 is 4.85. The molecule has 4 nitrogen and oxygen atoms in total. The molecule has 0 radical (unpaired) electrons. The first kappa shape index (κ1) is 13.6. The SMILES string of the molecule is C=CC(C(=O)OC)N1CCC2C(CCCN2C)C1. The van der Waals surface area contributed by atoms with E-state index in [0.29, 0.717) is 12.0 Å². The van der Waals surface area contributed by atoms with E-state index in [1.165, 1.54) is 26.5 Å². The zero-order valence-corrected chi connectivity index (χ0v) is 11.5. The summed E-state index contributed by atoms with van der Waals surface area (Å²) >= 11 is 0. The van der Waals surface area contributed by atoms with Crippen molar-refractivity contribution in [2.24, 2.45) is 5.92 Å². The molecule has 3 unspecified atom stereocenters. The van der Waals surface area contributed by atoms with Crippen molar-refractivity contribution in [1.82, 2.24) is 9.80 Å². The van der Waals surface area contributed by atoms with Gasteiger partial charge in [0.15, 0.2) is 0 Å². The highest BCUT2D eigenvalue weighted by Gasteiger charge is 2.37. The zero-order valence-electron chi connectivity index (χ0n) is 11.5. The van der Waals surface area contributed by atoms with Crippen LogP contribution in [0.15, 0.2) is 12.7 Å². The van der Waals surface area contributed by atoms with Crippen LogP contribution in [0.4, 0.5) is 0 Å². The van der Waals surface area contributed by atoms with Gasteiger partial charge in [-0.1, -0.05) is 6.08 Å². The molecule has 0 bridgehead atoms. The molecule has 102 valence electrons. The lowest BCUT2D eigenvalue weighted by molar-refractivity contribution is -0.146. The van der Waals surface area contributed by atoms with Crippen LogP contribution in [0.3, 0.4) is 0 Å². The van der Waals surface area contributed by atoms with Crippen molar-refractivity contribution in [3.05, 3.63) is 12.7 Å². The third kappa shape index (κ3) is 2.59. The third-order valence-corrected chi connectivity index (χ3v) is 4.44. The van der Waals surface area contributed by atoms with Gasteiger partial charge in [-0.25, -0.2) is 0 Å². The van der Waals surface area contributed by atoms with Crippen LogP contribution in [0.5, 0.6) is 0 Å². The van der Waals surface area contributed by atoms with Crippen molar-refractivity contribution in [2.45, 2.75) is 31.3 Å². The molecule has 2 saturated heterocycles. The summed E-state index contributed by atoms with van der Waals surface area (Å²) in [6.45, 7) is 6.93. The molecule has 2 rings (SSSR count). The Balaban J connectivity index is 2.01. The van der Waals surface area contributed by atoms with Crippen molar-refractivity contribution in [3.63, 3.8) is 0 Å². The summed E-state index contributed by atoms with van der Waals surface area (Å²) in [6, 6.07) is 0.418. The molecule has 2 aliphatic rings. The third-order valence-electron chi connectivity index (χ3n) is 4.44. The molecule has 2 fully saturated rings. The summed E-state index contributed by atoms with van der Waals surface area (Å²) in [5.41, 5.74) is 0. The monoisotopic (exact) mass is 252 g/mol. The molecule has 18 heavy (non-hydrogen) atoms. The van der Waals surface area contributed by atoms with E-state index in [-0.39, 0.29) is 12.0 Å². The summed E-state index contributed by atoms with van der Waals surface area (Å²) in [5.74, 6) is 0.497. The van der Waals surface area contributed by atoms with Crippen LogP contribution in [0.25, 0.3) is 0 Å². The molecular formula is C14H24N2O2. The fourth-order valence-electron chi connectivity index (χ4n) is 3.45. The minimum absolute atomic E-state index is 0.187. The highest BCUT2D eigenvalue weighted by molar-refractivity contribution is 5.77. The van der Waals surface area contributed by atoms with Crippen LogP contribution in [0.1, 0.15) is 19.3 Å². The minimum Gasteiger partial charge on any atom is -0.468 e. The molecule has 2 aliphatic heterocycles. The highest BCUT2D eigenvalue weighted by atomic mass is 16.5. The Morgan fingerprint density at radius 3 is 2.89 bits per heavy atom. The summed E-state index contributed by atoms with van der Waals surface area (Å²) in [5, 5.41) is 0. The van der Waals surface area contributed by atoms with E-state index < -0.39 is 0 Å². The predicted molar refractivity (Wildman–Crippen MR) is 71.3 cm³/mol. The normalized spacial score (nSPS) is 31.4. The Bertz CT molecular complexity index is 319. The smallest absolute Gasteiger partial charge is 0.327 e. The van der Waals surface area contributed by atoms with Crippen LogP contribution >= 0.6 is 0 Å². The van der Waals surface area contributed by atoms with Crippen LogP contribution in [0.2, 0.25) is 0 Å². The average molecular weight is 252 g/mol. The average Bonchev–Trinajstić information content (AvgIpc) is 2.39. The van der Waals surface area contributed by atoms with E-state index in [2.05, 4.69) is 23.4 Å². The highest BCUT2D eigenvalue weighted by Crippen LogP contribution is 2.30. The van der Waals surface area contributed by atoms with Crippen LogP contribution in [0, 0.1) is 5.92 Å². The topological polar surface area (TPSA) is 32.8 Å². The molecule has 0 aromatic rings. The molecule has 0 N–H and O–H groups in total. The van der Waals surface area contributed by atoms with Crippen molar-refractivity contribution in [2.75, 3.05) is 33.8 Å². The Hall–Kier alpha value is -0.870. The molecule has 0 spiro atoms. The van der Waals surface area contributed by atoms with E-state index in [1.54, 1.807) is 6.08 Å². The minimum atomic E-state index is -0.275. The van der Waals surface area contributed by atoms with Gasteiger partial charge in [-0.15, -0.1) is 6.58 Å². The molecule has 0 aromatic heterocycles. The van der Waals surface area contributed by atoms with Crippen molar-refractivity contribution in [1.29, 1.82) is 0 Å². The lowest BCUT2D eigenvalue weighted by Crippen LogP contribution is -2.55. The first-order chi connectivity index (χ1) is 8.67. The lowest BCUT2D eigenvalue weighted by Gasteiger charge is -2.47. The van der Waals surface area contributed by atoms with E-state index in [0.717, 1.165) is 19.5 Å². The van der Waals surface area contributed by atoms with Crippen LogP contribution < -0.4 is 0 Å². The number of carbonyl (C=O) groups excluding carboxylic acids is 1. The fraction of sp³-hybridized carbons (Fsp3) is 0.786. The van der Waals surface area contributed by atoms with E-state index in [1.807, 2.05) is 0 Å². The van der Waals surface area contributed by atoms with Gasteiger partial charge in [-0.05, 0) is 38.8 Å². The van der Waals surface area contributed by atoms with Gasteiger partial charge in [-0.2, -0.15) is 0 Å². The van der Waals surface area contributed by atoms with Gasteiger partial charge in [-0.3, -0.25) is 9.69 Å². The van der Waals surface area contributed by atoms with Gasteiger partial charge in [0.1, 0.15) is 6.04 Å². The van der Waals surface area contributed by atoms with Gasteiger partial charge >= 0.3 is 5.97 Å². The number of hydrogen-bond donors (Lipinski definition) is 0. The number of methoxy groups -OCH3 is 1. The molecule has 3 atom stereocenters. The molecule has 2 heterocycles. The van der Waals surface area contributed by atoms with Gasteiger partial charge < -0.3 is 9.64 Å². The largest absolute Gasteiger partial charge is 0.468 e. The zero-order chi connectivity index (χ0) is 13.1. The number of likely N-dealkylation sites (tertiary alicyclic amines) is 2. The molecular weight excluding hydrogens is 228 g/mol. The molecule has 0 saturated carbocycles. The van der Waals surface area contributed by atoms with Crippen molar-refractivity contribution in [3.8, 4) is 0 Å². The van der Waals surface area contributed by atoms with Crippen LogP contribution in [-0.2, 0) is 9.53 Å². The molecule has 0 aromatic carbocycles. The quantitative estimate of drug-likeness (QED) is 0.557. The number of fused-ring (bicyclic) bond motifs is 1. The number of piperidine rings is 2. The standard InChI is InChI=1S/C14H24N2O2/c1-4-12(14(17)18-3)16-9-7-13-11(10-16)6-5-8-15(13)2/h4,11-13H,1,5-10H2,2-3H3. The maximum absolute atomic E-state index is 11.7. The van der Waals surface area contributed by atoms with Gasteiger partial charge in [0.2, 0.25) is 0 Å². The second-order valence-corrected chi connectivity index (χ2v) is 5.44. The first-order valence-corrected chi connectivity index (χ1v) is 6.82. The molecule has 0 amide bonds. The Kier molecular flexibility index (Phi) is 4.40. The van der Waals surface area contributed by atoms with E-state index in [9.17, 15) is 4.79 Å². The number of ether oxygens (including phenoxy) is 1. The number of carbonyl (C=O) groups is 1. The first-order valence-electron chi connectivity index (χ1n) is 6.82. The summed E-state index contributed by atoms with van der Waals surface area (Å²) in [6.07, 6.45) is 5.39. The maximum Gasteiger partial charge on any atom is 0.327 e. The lowest BCUT2D eigenvalue weighted by atomic mass is 9.83. The Labute approximate surface area is 110 Å².